The third kappa shape index (κ3) is 2.58. The van der Waals surface area contributed by atoms with E-state index in [9.17, 15) is 9.59 Å². The van der Waals surface area contributed by atoms with Crippen molar-refractivity contribution in [3.05, 3.63) is 0 Å². The average Bonchev–Trinajstić information content (AvgIpc) is 2.76. The number of amides is 3. The summed E-state index contributed by atoms with van der Waals surface area (Å²) in [5.74, 6) is 0.149. The molecule has 2 aliphatic heterocycles. The molecule has 7 nitrogen and oxygen atoms in total. The van der Waals surface area contributed by atoms with Gasteiger partial charge in [-0.1, -0.05) is 13.8 Å². The van der Waals surface area contributed by atoms with Crippen molar-refractivity contribution >= 4 is 11.9 Å². The van der Waals surface area contributed by atoms with Gasteiger partial charge in [-0.15, -0.1) is 0 Å². The van der Waals surface area contributed by atoms with Crippen LogP contribution in [0.15, 0.2) is 0 Å². The van der Waals surface area contributed by atoms with E-state index in [-0.39, 0.29) is 24.3 Å². The highest BCUT2D eigenvalue weighted by molar-refractivity contribution is 6.00. The lowest BCUT2D eigenvalue weighted by atomic mass is 10.1. The van der Waals surface area contributed by atoms with Crippen LogP contribution in [0.4, 0.5) is 4.79 Å². The molecule has 0 aromatic rings. The number of carbonyl (C=O) groups is 2. The number of nitrogens with one attached hydrogen (secondary N) is 2. The van der Waals surface area contributed by atoms with Gasteiger partial charge in [0.25, 0.3) is 5.91 Å². The maximum absolute atomic E-state index is 12.2. The Morgan fingerprint density at radius 2 is 2.00 bits per heavy atom. The third-order valence-corrected chi connectivity index (χ3v) is 3.43. The first-order valence-corrected chi connectivity index (χ1v) is 6.55. The van der Waals surface area contributed by atoms with E-state index < -0.39 is 6.04 Å². The summed E-state index contributed by atoms with van der Waals surface area (Å²) >= 11 is 0. The van der Waals surface area contributed by atoms with Crippen LogP contribution < -0.4 is 10.6 Å². The van der Waals surface area contributed by atoms with Crippen molar-refractivity contribution in [2.45, 2.75) is 32.2 Å². The van der Waals surface area contributed by atoms with Crippen LogP contribution in [-0.4, -0.2) is 67.4 Å². The van der Waals surface area contributed by atoms with Crippen LogP contribution in [0.2, 0.25) is 0 Å². The van der Waals surface area contributed by atoms with Crippen molar-refractivity contribution in [3.63, 3.8) is 0 Å². The molecule has 0 aliphatic carbocycles. The van der Waals surface area contributed by atoms with E-state index in [1.807, 2.05) is 13.8 Å². The molecular formula is C12H22N4O3. The second-order valence-corrected chi connectivity index (χ2v) is 5.49. The van der Waals surface area contributed by atoms with Crippen LogP contribution in [0.1, 0.15) is 13.8 Å². The van der Waals surface area contributed by atoms with Gasteiger partial charge in [-0.25, -0.2) is 4.79 Å². The van der Waals surface area contributed by atoms with E-state index in [0.717, 1.165) is 0 Å². The fourth-order valence-electron chi connectivity index (χ4n) is 2.60. The first-order chi connectivity index (χ1) is 8.95. The number of ether oxygens (including phenoxy) is 1. The number of imide groups is 1. The van der Waals surface area contributed by atoms with E-state index in [0.29, 0.717) is 19.1 Å². The molecule has 7 heteroatoms. The van der Waals surface area contributed by atoms with E-state index in [1.165, 1.54) is 11.9 Å². The zero-order valence-electron chi connectivity index (χ0n) is 11.8. The van der Waals surface area contributed by atoms with E-state index in [1.54, 1.807) is 12.0 Å². The number of hydrogen-bond acceptors (Lipinski definition) is 5. The summed E-state index contributed by atoms with van der Waals surface area (Å²) in [4.78, 5) is 27.3. The largest absolute Gasteiger partial charge is 0.382 e. The molecule has 3 atom stereocenters. The minimum absolute atomic E-state index is 0.113. The van der Waals surface area contributed by atoms with Crippen LogP contribution in [-0.2, 0) is 9.53 Å². The quantitative estimate of drug-likeness (QED) is 0.713. The molecule has 3 unspecified atom stereocenters. The number of carbonyl (C=O) groups excluding carboxylic acids is 2. The molecule has 2 saturated heterocycles. The zero-order valence-corrected chi connectivity index (χ0v) is 11.8. The smallest absolute Gasteiger partial charge is 0.327 e. The number of hydrogen-bond donors (Lipinski definition) is 2. The van der Waals surface area contributed by atoms with Crippen LogP contribution in [0.3, 0.4) is 0 Å². The highest BCUT2D eigenvalue weighted by Crippen LogP contribution is 2.21. The first kappa shape index (κ1) is 14.2. The molecule has 108 valence electrons. The molecule has 0 spiro atoms. The van der Waals surface area contributed by atoms with Gasteiger partial charge in [0.1, 0.15) is 12.2 Å². The van der Waals surface area contributed by atoms with Crippen LogP contribution in [0, 0.1) is 5.92 Å². The van der Waals surface area contributed by atoms with E-state index >= 15 is 0 Å². The van der Waals surface area contributed by atoms with Gasteiger partial charge in [-0.3, -0.25) is 20.3 Å². The molecule has 19 heavy (non-hydrogen) atoms. The zero-order chi connectivity index (χ0) is 14.2. The molecule has 2 N–H and O–H groups in total. The predicted octanol–water partition coefficient (Wildman–Crippen LogP) is -0.604. The Bertz CT molecular complexity index is 374. The number of fused-ring (bicyclic) bond motifs is 1. The fourth-order valence-corrected chi connectivity index (χ4v) is 2.60. The van der Waals surface area contributed by atoms with Gasteiger partial charge in [0, 0.05) is 20.7 Å². The lowest BCUT2D eigenvalue weighted by molar-refractivity contribution is -0.133. The molecule has 2 heterocycles. The molecule has 0 aromatic carbocycles. The van der Waals surface area contributed by atoms with Gasteiger partial charge in [0.05, 0.1) is 12.8 Å². The van der Waals surface area contributed by atoms with Crippen LogP contribution >= 0.6 is 0 Å². The molecule has 0 radical (unpaired) electrons. The van der Waals surface area contributed by atoms with Gasteiger partial charge in [0.15, 0.2) is 0 Å². The third-order valence-electron chi connectivity index (χ3n) is 3.43. The highest BCUT2D eigenvalue weighted by atomic mass is 16.5. The summed E-state index contributed by atoms with van der Waals surface area (Å²) in [5.41, 5.74) is 0. The highest BCUT2D eigenvalue weighted by Gasteiger charge is 2.49. The Labute approximate surface area is 113 Å². The first-order valence-electron chi connectivity index (χ1n) is 6.55. The average molecular weight is 270 g/mol. The molecule has 0 saturated carbocycles. The monoisotopic (exact) mass is 270 g/mol. The second-order valence-electron chi connectivity index (χ2n) is 5.49. The summed E-state index contributed by atoms with van der Waals surface area (Å²) in [6, 6.07) is -0.645. The van der Waals surface area contributed by atoms with Gasteiger partial charge < -0.3 is 9.64 Å². The Balaban J connectivity index is 2.19. The van der Waals surface area contributed by atoms with Crippen molar-refractivity contribution < 1.29 is 14.3 Å². The molecule has 2 rings (SSSR count). The number of methoxy groups -OCH3 is 1. The summed E-state index contributed by atoms with van der Waals surface area (Å²) < 4.78 is 5.08. The minimum Gasteiger partial charge on any atom is -0.382 e. The topological polar surface area (TPSA) is 73.9 Å². The number of nitrogens with zero attached hydrogens (tertiary/aromatic N) is 2. The summed E-state index contributed by atoms with van der Waals surface area (Å²) in [6.45, 7) is 5.17. The Morgan fingerprint density at radius 1 is 1.32 bits per heavy atom. The Hall–Kier alpha value is -1.18. The lowest BCUT2D eigenvalue weighted by Gasteiger charge is -2.40. The standard InChI is InChI=1S/C12H22N4O3/c1-7(2)5-16-10-9(11(17)15(3)12(16)18)13-8(14-10)6-19-4/h7-10,13-14H,5-6H2,1-4H3. The second kappa shape index (κ2) is 5.44. The van der Waals surface area contributed by atoms with Crippen molar-refractivity contribution in [2.24, 2.45) is 5.92 Å². The Morgan fingerprint density at radius 3 is 2.58 bits per heavy atom. The summed E-state index contributed by atoms with van der Waals surface area (Å²) in [6.07, 6.45) is -0.406. The van der Waals surface area contributed by atoms with Crippen molar-refractivity contribution in [3.8, 4) is 0 Å². The number of likely N-dealkylation sites (N-methyl/N-ethyl adjacent to an activating group) is 1. The van der Waals surface area contributed by atoms with E-state index in [4.69, 9.17) is 4.74 Å². The SMILES string of the molecule is COCC1NC2C(=O)N(C)C(=O)N(CC(C)C)C2N1. The number of rotatable bonds is 4. The fraction of sp³-hybridized carbons (Fsp3) is 0.833. The Kier molecular flexibility index (Phi) is 4.07. The van der Waals surface area contributed by atoms with Crippen molar-refractivity contribution in [1.29, 1.82) is 0 Å². The molecule has 0 bridgehead atoms. The number of urea groups is 1. The van der Waals surface area contributed by atoms with Crippen molar-refractivity contribution in [2.75, 3.05) is 27.3 Å². The molecule has 2 aliphatic rings. The maximum Gasteiger partial charge on any atom is 0.327 e. The lowest BCUT2D eigenvalue weighted by Crippen LogP contribution is -2.66. The van der Waals surface area contributed by atoms with Gasteiger partial charge in [-0.2, -0.15) is 0 Å². The van der Waals surface area contributed by atoms with E-state index in [2.05, 4.69) is 10.6 Å². The van der Waals surface area contributed by atoms with Crippen molar-refractivity contribution in [1.82, 2.24) is 20.4 Å². The maximum atomic E-state index is 12.2. The summed E-state index contributed by atoms with van der Waals surface area (Å²) in [5, 5.41) is 6.43. The molecule has 3 amide bonds. The van der Waals surface area contributed by atoms with Gasteiger partial charge >= 0.3 is 6.03 Å². The van der Waals surface area contributed by atoms with Gasteiger partial charge in [0.2, 0.25) is 0 Å². The summed E-state index contributed by atoms with van der Waals surface area (Å²) in [7, 11) is 3.13. The normalized spacial score (nSPS) is 31.3. The minimum atomic E-state index is -0.401. The predicted molar refractivity (Wildman–Crippen MR) is 69.2 cm³/mol. The van der Waals surface area contributed by atoms with Gasteiger partial charge in [-0.05, 0) is 5.92 Å². The van der Waals surface area contributed by atoms with Crippen LogP contribution in [0.25, 0.3) is 0 Å². The molecule has 2 fully saturated rings. The molecular weight excluding hydrogens is 248 g/mol. The van der Waals surface area contributed by atoms with Crippen LogP contribution in [0.5, 0.6) is 0 Å². The molecule has 0 aromatic heterocycles.